The summed E-state index contributed by atoms with van der Waals surface area (Å²) in [5, 5.41) is 68.9. The van der Waals surface area contributed by atoms with Crippen molar-refractivity contribution >= 4 is 11.9 Å². The van der Waals surface area contributed by atoms with Crippen molar-refractivity contribution in [3.8, 4) is 0 Å². The number of esters is 2. The first-order valence-corrected chi connectivity index (χ1v) is 14.2. The Kier molecular flexibility index (Phi) is 10.7. The van der Waals surface area contributed by atoms with E-state index in [0.29, 0.717) is 24.0 Å². The van der Waals surface area contributed by atoms with Crippen molar-refractivity contribution in [3.63, 3.8) is 0 Å². The van der Waals surface area contributed by atoms with Gasteiger partial charge < -0.3 is 64.2 Å². The lowest BCUT2D eigenvalue weighted by Crippen LogP contribution is -2.60. The molecule has 0 bridgehead atoms. The number of carbonyl (C=O) groups is 2. The van der Waals surface area contributed by atoms with E-state index in [-0.39, 0.29) is 29.6 Å². The van der Waals surface area contributed by atoms with Gasteiger partial charge in [-0.3, -0.25) is 0 Å². The molecular formula is C28H42O15. The lowest BCUT2D eigenvalue weighted by atomic mass is 9.83. The third-order valence-electron chi connectivity index (χ3n) is 9.41. The second kappa shape index (κ2) is 13.7. The Morgan fingerprint density at radius 1 is 0.767 bits per heavy atom. The van der Waals surface area contributed by atoms with E-state index in [1.165, 1.54) is 26.7 Å². The van der Waals surface area contributed by atoms with Gasteiger partial charge in [0.2, 0.25) is 6.29 Å². The topological polar surface area (TPSA) is 231 Å². The Bertz CT molecular complexity index is 1060. The van der Waals surface area contributed by atoms with Gasteiger partial charge in [-0.15, -0.1) is 0 Å². The summed E-state index contributed by atoms with van der Waals surface area (Å²) in [6, 6.07) is 0. The van der Waals surface area contributed by atoms with E-state index in [4.69, 9.17) is 23.7 Å². The number of methoxy groups -OCH3 is 2. The molecule has 0 aromatic rings. The summed E-state index contributed by atoms with van der Waals surface area (Å²) < 4.78 is 31.0. The van der Waals surface area contributed by atoms with Crippen LogP contribution in [0.4, 0.5) is 0 Å². The highest BCUT2D eigenvalue weighted by atomic mass is 16.8. The number of fused-ring (bicyclic) bond motifs is 2. The molecule has 3 fully saturated rings. The number of hydrogen-bond acceptors (Lipinski definition) is 15. The molecule has 15 heteroatoms. The monoisotopic (exact) mass is 618 g/mol. The van der Waals surface area contributed by atoms with Gasteiger partial charge in [0.15, 0.2) is 12.6 Å². The van der Waals surface area contributed by atoms with Crippen LogP contribution in [0.2, 0.25) is 0 Å². The number of ether oxygens (including phenoxy) is 6. The average Bonchev–Trinajstić information content (AvgIpc) is 3.47. The van der Waals surface area contributed by atoms with Crippen LogP contribution in [0.1, 0.15) is 26.7 Å². The van der Waals surface area contributed by atoms with Crippen molar-refractivity contribution in [2.45, 2.75) is 82.2 Å². The van der Waals surface area contributed by atoms with Crippen LogP contribution in [0.15, 0.2) is 23.7 Å². The summed E-state index contributed by atoms with van der Waals surface area (Å²) in [5.74, 6) is -2.60. The molecule has 5 aliphatic rings. The first-order chi connectivity index (χ1) is 20.4. The maximum Gasteiger partial charge on any atom is 0.337 e. The van der Waals surface area contributed by atoms with E-state index >= 15 is 0 Å². The third-order valence-corrected chi connectivity index (χ3v) is 9.41. The number of hydrogen-bond donors (Lipinski definition) is 7. The SMILES string of the molecule is COC(=O)C1=CO[C@@H](O)[C@@H]2[C@H](C)[C@@H](O)C[C@H]12.COC(=O)C1=CO[C@@H](OC2O[C@H](CO)[C@@H](O)[C@H](O)[C@H]2O)[C@@H]2[C@H](C)[C@@H](O)C[C@H]12. The highest BCUT2D eigenvalue weighted by molar-refractivity contribution is 5.89. The van der Waals surface area contributed by atoms with Gasteiger partial charge in [0.05, 0.1) is 56.7 Å². The molecule has 0 amide bonds. The molecule has 3 heterocycles. The maximum atomic E-state index is 12.0. The van der Waals surface area contributed by atoms with Gasteiger partial charge in [-0.1, -0.05) is 13.8 Å². The lowest BCUT2D eigenvalue weighted by Gasteiger charge is -2.43. The van der Waals surface area contributed by atoms with Crippen LogP contribution in [0.25, 0.3) is 0 Å². The van der Waals surface area contributed by atoms with Crippen LogP contribution in [-0.2, 0) is 38.0 Å². The fourth-order valence-corrected chi connectivity index (χ4v) is 6.78. The van der Waals surface area contributed by atoms with Crippen molar-refractivity contribution in [1.82, 2.24) is 0 Å². The minimum absolute atomic E-state index is 0.0895. The summed E-state index contributed by atoms with van der Waals surface area (Å²) in [4.78, 5) is 23.5. The second-order valence-electron chi connectivity index (χ2n) is 11.7. The Labute approximate surface area is 248 Å². The number of aliphatic hydroxyl groups is 7. The highest BCUT2D eigenvalue weighted by Gasteiger charge is 2.53. The molecule has 3 aliphatic heterocycles. The molecule has 0 spiro atoms. The predicted molar refractivity (Wildman–Crippen MR) is 141 cm³/mol. The fraction of sp³-hybridized carbons (Fsp3) is 0.786. The average molecular weight is 619 g/mol. The minimum Gasteiger partial charge on any atom is -0.472 e. The normalized spacial score (nSPS) is 45.1. The minimum atomic E-state index is -1.58. The van der Waals surface area contributed by atoms with Crippen LogP contribution in [0.3, 0.4) is 0 Å². The Balaban J connectivity index is 0.000000225. The molecular weight excluding hydrogens is 576 g/mol. The van der Waals surface area contributed by atoms with Crippen molar-refractivity contribution in [2.75, 3.05) is 20.8 Å². The molecule has 0 aromatic heterocycles. The number of carbonyl (C=O) groups excluding carboxylic acids is 2. The third kappa shape index (κ3) is 6.41. The lowest BCUT2D eigenvalue weighted by molar-refractivity contribution is -0.342. The van der Waals surface area contributed by atoms with Crippen LogP contribution < -0.4 is 0 Å². The quantitative estimate of drug-likeness (QED) is 0.163. The Hall–Kier alpha value is -2.34. The van der Waals surface area contributed by atoms with E-state index in [1.807, 2.05) is 6.92 Å². The van der Waals surface area contributed by atoms with E-state index in [9.17, 15) is 45.3 Å². The van der Waals surface area contributed by atoms with Crippen LogP contribution in [0.5, 0.6) is 0 Å². The summed E-state index contributed by atoms with van der Waals surface area (Å²) in [5.41, 5.74) is 0.695. The van der Waals surface area contributed by atoms with Gasteiger partial charge in [0.1, 0.15) is 24.4 Å². The Morgan fingerprint density at radius 2 is 1.28 bits per heavy atom. The van der Waals surface area contributed by atoms with Crippen molar-refractivity contribution < 1.29 is 73.8 Å². The van der Waals surface area contributed by atoms with E-state index in [1.54, 1.807) is 6.92 Å². The molecule has 43 heavy (non-hydrogen) atoms. The van der Waals surface area contributed by atoms with Gasteiger partial charge >= 0.3 is 11.9 Å². The standard InChI is InChI=1S/C17H26O10.C11H16O5/c1-6-9(19)3-7-8(15(23)24-2)5-25-16(11(6)7)27-17-14(22)13(21)12(20)10(4-18)26-17;1-5-8(12)3-6-7(10(13)15-2)4-16-11(14)9(5)6/h5-7,9-14,16-22H,3-4H2,1-2H3;4-6,8-9,11-12,14H,3H2,1-2H3/t6-,7-,9+,10-,11-,12-,13+,14-,16+,17?;5-,6-,8+,9-,11-/m11/s1. The Morgan fingerprint density at radius 3 is 1.81 bits per heavy atom. The molecule has 1 saturated heterocycles. The number of aliphatic hydroxyl groups excluding tert-OH is 7. The molecule has 0 radical (unpaired) electrons. The first-order valence-electron chi connectivity index (χ1n) is 14.2. The molecule has 2 saturated carbocycles. The van der Waals surface area contributed by atoms with Crippen LogP contribution >= 0.6 is 0 Å². The summed E-state index contributed by atoms with van der Waals surface area (Å²) in [6.07, 6.45) is -7.00. The van der Waals surface area contributed by atoms with Crippen LogP contribution in [-0.4, -0.2) is 124 Å². The van der Waals surface area contributed by atoms with Crippen molar-refractivity contribution in [1.29, 1.82) is 0 Å². The largest absolute Gasteiger partial charge is 0.472 e. The molecule has 0 aromatic carbocycles. The van der Waals surface area contributed by atoms with E-state index in [2.05, 4.69) is 4.74 Å². The maximum absolute atomic E-state index is 12.0. The zero-order valence-corrected chi connectivity index (χ0v) is 24.3. The molecule has 15 atom stereocenters. The van der Waals surface area contributed by atoms with E-state index in [0.717, 1.165) is 0 Å². The second-order valence-corrected chi connectivity index (χ2v) is 11.7. The molecule has 1 unspecified atom stereocenters. The van der Waals surface area contributed by atoms with Crippen molar-refractivity contribution in [2.24, 2.45) is 35.5 Å². The molecule has 244 valence electrons. The van der Waals surface area contributed by atoms with Gasteiger partial charge in [0.25, 0.3) is 0 Å². The van der Waals surface area contributed by atoms with Crippen molar-refractivity contribution in [3.05, 3.63) is 23.7 Å². The molecule has 15 nitrogen and oxygen atoms in total. The summed E-state index contributed by atoms with van der Waals surface area (Å²) in [6.45, 7) is 3.06. The van der Waals surface area contributed by atoms with Gasteiger partial charge in [-0.25, -0.2) is 9.59 Å². The first kappa shape index (κ1) is 33.6. The number of rotatable bonds is 5. The van der Waals surface area contributed by atoms with Gasteiger partial charge in [-0.2, -0.15) is 0 Å². The fourth-order valence-electron chi connectivity index (χ4n) is 6.78. The molecule has 2 aliphatic carbocycles. The zero-order valence-electron chi connectivity index (χ0n) is 24.3. The summed E-state index contributed by atoms with van der Waals surface area (Å²) >= 11 is 0. The summed E-state index contributed by atoms with van der Waals surface area (Å²) in [7, 11) is 2.56. The van der Waals surface area contributed by atoms with Crippen LogP contribution in [0, 0.1) is 35.5 Å². The van der Waals surface area contributed by atoms with Gasteiger partial charge in [-0.05, 0) is 24.7 Å². The zero-order chi connectivity index (χ0) is 31.7. The predicted octanol–water partition coefficient (Wildman–Crippen LogP) is -2.13. The highest BCUT2D eigenvalue weighted by Crippen LogP contribution is 2.48. The molecule has 5 rings (SSSR count). The molecule has 7 N–H and O–H groups in total. The smallest absolute Gasteiger partial charge is 0.337 e. The van der Waals surface area contributed by atoms with Gasteiger partial charge in [0, 0.05) is 23.7 Å². The van der Waals surface area contributed by atoms with E-state index < -0.39 is 80.0 Å².